The van der Waals surface area contributed by atoms with Gasteiger partial charge >= 0.3 is 10.1 Å². The van der Waals surface area contributed by atoms with E-state index in [4.69, 9.17) is 16.3 Å². The molecule has 1 saturated heterocycles. The Morgan fingerprint density at radius 2 is 2.20 bits per heavy atom. The minimum absolute atomic E-state index is 0.0694. The highest BCUT2D eigenvalue weighted by molar-refractivity contribution is 7.87. The number of hydrogen-bond acceptors (Lipinski definition) is 7. The first kappa shape index (κ1) is 14.2. The van der Waals surface area contributed by atoms with Gasteiger partial charge in [0.2, 0.25) is 0 Å². The first-order valence-corrected chi connectivity index (χ1v) is 8.55. The van der Waals surface area contributed by atoms with Gasteiger partial charge < -0.3 is 10.1 Å². The summed E-state index contributed by atoms with van der Waals surface area (Å²) in [7, 11) is -4.53. The van der Waals surface area contributed by atoms with Crippen LogP contribution in [0.25, 0.3) is 0 Å². The smallest absolute Gasteiger partial charge is 0.311 e. The molecule has 2 aliphatic rings. The monoisotopic (exact) mass is 337 g/mol. The molecule has 1 fully saturated rings. The highest BCUT2D eigenvalue weighted by Crippen LogP contribution is 2.45. The number of amidine groups is 1. The molecule has 0 bridgehead atoms. The minimum Gasteiger partial charge on any atom is -0.379 e. The lowest BCUT2D eigenvalue weighted by atomic mass is 10.2. The molecule has 1 aromatic rings. The Bertz CT molecular complexity index is 653. The van der Waals surface area contributed by atoms with Crippen LogP contribution in [0.2, 0.25) is 0 Å². The van der Waals surface area contributed by atoms with Crippen molar-refractivity contribution in [2.45, 2.75) is 4.99 Å². The summed E-state index contributed by atoms with van der Waals surface area (Å²) in [6.07, 6.45) is 0. The van der Waals surface area contributed by atoms with E-state index in [0.717, 1.165) is 0 Å². The molecule has 1 aromatic heterocycles. The Balaban J connectivity index is 2.22. The van der Waals surface area contributed by atoms with Crippen LogP contribution in [0.1, 0.15) is 4.88 Å². The molecule has 1 unspecified atom stereocenters. The van der Waals surface area contributed by atoms with Crippen LogP contribution in [0.15, 0.2) is 16.4 Å². The zero-order valence-corrected chi connectivity index (χ0v) is 12.6. The van der Waals surface area contributed by atoms with Crippen LogP contribution in [0.5, 0.6) is 0 Å². The number of halogens is 1. The molecular weight excluding hydrogens is 326 g/mol. The summed E-state index contributed by atoms with van der Waals surface area (Å²) in [6.45, 7) is 1.42. The Labute approximate surface area is 125 Å². The van der Waals surface area contributed by atoms with E-state index in [-0.39, 0.29) is 5.29 Å². The molecule has 2 N–H and O–H groups in total. The Hall–Kier alpha value is -0.710. The SMILES string of the molecule is O=S(=O)(O)C1(N2CCOCC2)N=C(Cl)Nc2ccsc21. The topological polar surface area (TPSA) is 91.2 Å². The van der Waals surface area contributed by atoms with Crippen molar-refractivity contribution in [2.24, 2.45) is 4.99 Å². The number of thiophene rings is 1. The number of anilines is 1. The summed E-state index contributed by atoms with van der Waals surface area (Å²) < 4.78 is 39.3. The van der Waals surface area contributed by atoms with E-state index < -0.39 is 15.1 Å². The summed E-state index contributed by atoms with van der Waals surface area (Å²) >= 11 is 7.13. The third-order valence-corrected chi connectivity index (χ3v) is 5.84. The molecule has 7 nitrogen and oxygen atoms in total. The van der Waals surface area contributed by atoms with Gasteiger partial charge in [0.05, 0.1) is 23.8 Å². The van der Waals surface area contributed by atoms with E-state index in [1.807, 2.05) is 0 Å². The molecule has 3 rings (SSSR count). The molecule has 0 amide bonds. The molecule has 0 aromatic carbocycles. The van der Waals surface area contributed by atoms with Crippen molar-refractivity contribution in [1.29, 1.82) is 0 Å². The van der Waals surface area contributed by atoms with Crippen LogP contribution < -0.4 is 5.32 Å². The second-order valence-corrected chi connectivity index (χ2v) is 7.17. The van der Waals surface area contributed by atoms with Crippen LogP contribution >= 0.6 is 22.9 Å². The average Bonchev–Trinajstić information content (AvgIpc) is 2.85. The molecule has 110 valence electrons. The van der Waals surface area contributed by atoms with E-state index in [9.17, 15) is 13.0 Å². The average molecular weight is 338 g/mol. The van der Waals surface area contributed by atoms with Crippen molar-refractivity contribution in [1.82, 2.24) is 4.90 Å². The maximum atomic E-state index is 12.1. The van der Waals surface area contributed by atoms with E-state index in [2.05, 4.69) is 10.3 Å². The standard InChI is InChI=1S/C10H12ClN3O4S2/c11-9-12-7-1-6-19-8(7)10(13-9,20(15,16)17)14-2-4-18-5-3-14/h1,6H,2-5H2,(H,12,13)(H,15,16,17). The third-order valence-electron chi connectivity index (χ3n) is 3.25. The third kappa shape index (κ3) is 2.05. The van der Waals surface area contributed by atoms with Gasteiger partial charge in [0.15, 0.2) is 5.29 Å². The molecule has 3 heterocycles. The van der Waals surface area contributed by atoms with Crippen LogP contribution in [-0.4, -0.2) is 49.5 Å². The van der Waals surface area contributed by atoms with Crippen molar-refractivity contribution < 1.29 is 17.7 Å². The lowest BCUT2D eigenvalue weighted by molar-refractivity contribution is 0.00406. The first-order chi connectivity index (χ1) is 9.45. The van der Waals surface area contributed by atoms with Crippen LogP contribution in [-0.2, 0) is 19.8 Å². The predicted molar refractivity (Wildman–Crippen MR) is 76.8 cm³/mol. The lowest BCUT2D eigenvalue weighted by Crippen LogP contribution is -2.55. The highest BCUT2D eigenvalue weighted by Gasteiger charge is 2.54. The number of nitrogens with one attached hydrogen (secondary N) is 1. The normalized spacial score (nSPS) is 27.6. The maximum absolute atomic E-state index is 12.1. The van der Waals surface area contributed by atoms with Crippen molar-refractivity contribution in [2.75, 3.05) is 31.6 Å². The van der Waals surface area contributed by atoms with Gasteiger partial charge in [-0.1, -0.05) is 0 Å². The van der Waals surface area contributed by atoms with Gasteiger partial charge in [0.1, 0.15) is 0 Å². The lowest BCUT2D eigenvalue weighted by Gasteiger charge is -2.41. The molecule has 0 spiro atoms. The maximum Gasteiger partial charge on any atom is 0.311 e. The number of aliphatic imine (C=N–C) groups is 1. The van der Waals surface area contributed by atoms with Gasteiger partial charge in [-0.25, -0.2) is 4.99 Å². The Morgan fingerprint density at radius 1 is 1.50 bits per heavy atom. The van der Waals surface area contributed by atoms with Gasteiger partial charge in [-0.15, -0.1) is 11.3 Å². The second-order valence-electron chi connectivity index (χ2n) is 4.37. The van der Waals surface area contributed by atoms with Gasteiger partial charge in [-0.2, -0.15) is 8.42 Å². The molecule has 0 radical (unpaired) electrons. The second kappa shape index (κ2) is 4.93. The van der Waals surface area contributed by atoms with E-state index in [0.29, 0.717) is 36.9 Å². The van der Waals surface area contributed by atoms with Crippen LogP contribution in [0.4, 0.5) is 5.69 Å². The molecule has 2 aliphatic heterocycles. The first-order valence-electron chi connectivity index (χ1n) is 5.85. The zero-order valence-electron chi connectivity index (χ0n) is 10.2. The summed E-state index contributed by atoms with van der Waals surface area (Å²) in [5, 5.41) is 4.45. The van der Waals surface area contributed by atoms with E-state index in [1.165, 1.54) is 11.3 Å². The predicted octanol–water partition coefficient (Wildman–Crippen LogP) is 1.10. The van der Waals surface area contributed by atoms with Crippen molar-refractivity contribution in [3.63, 3.8) is 0 Å². The number of hydrogen-bond donors (Lipinski definition) is 2. The number of morpholine rings is 1. The summed E-state index contributed by atoms with van der Waals surface area (Å²) in [6, 6.07) is 1.71. The fourth-order valence-corrected chi connectivity index (χ4v) is 5.11. The Kier molecular flexibility index (Phi) is 3.51. The highest BCUT2D eigenvalue weighted by atomic mass is 35.5. The van der Waals surface area contributed by atoms with Crippen molar-refractivity contribution in [3.05, 3.63) is 16.3 Å². The number of fused-ring (bicyclic) bond motifs is 1. The Morgan fingerprint density at radius 3 is 2.85 bits per heavy atom. The molecule has 0 aliphatic carbocycles. The fraction of sp³-hybridized carbons (Fsp3) is 0.500. The molecule has 1 atom stereocenters. The van der Waals surface area contributed by atoms with Gasteiger partial charge in [0, 0.05) is 13.1 Å². The number of ether oxygens (including phenoxy) is 1. The molecule has 0 saturated carbocycles. The van der Waals surface area contributed by atoms with Crippen molar-refractivity contribution >= 4 is 44.0 Å². The zero-order chi connectivity index (χ0) is 14.4. The minimum atomic E-state index is -4.53. The quantitative estimate of drug-likeness (QED) is 0.620. The largest absolute Gasteiger partial charge is 0.379 e. The summed E-state index contributed by atoms with van der Waals surface area (Å²) in [5.41, 5.74) is 0.541. The molecule has 20 heavy (non-hydrogen) atoms. The van der Waals surface area contributed by atoms with E-state index in [1.54, 1.807) is 16.3 Å². The fourth-order valence-electron chi connectivity index (χ4n) is 2.40. The number of rotatable bonds is 2. The van der Waals surface area contributed by atoms with E-state index >= 15 is 0 Å². The van der Waals surface area contributed by atoms with Crippen molar-refractivity contribution in [3.8, 4) is 0 Å². The van der Waals surface area contributed by atoms with Gasteiger partial charge in [-0.05, 0) is 23.0 Å². The van der Waals surface area contributed by atoms with Gasteiger partial charge in [-0.3, -0.25) is 9.45 Å². The molecular formula is C10H12ClN3O4S2. The van der Waals surface area contributed by atoms with Crippen LogP contribution in [0, 0.1) is 0 Å². The summed E-state index contributed by atoms with van der Waals surface area (Å²) in [5.74, 6) is 0. The summed E-state index contributed by atoms with van der Waals surface area (Å²) in [4.78, 5) is 4.13. The van der Waals surface area contributed by atoms with Gasteiger partial charge in [0.25, 0.3) is 4.99 Å². The molecule has 10 heteroatoms. The van der Waals surface area contributed by atoms with Crippen LogP contribution in [0.3, 0.4) is 0 Å². The number of nitrogens with zero attached hydrogens (tertiary/aromatic N) is 2.